The number of cyclic esters (lactones) is 1. The van der Waals surface area contributed by atoms with E-state index in [1.165, 1.54) is 12.8 Å². The van der Waals surface area contributed by atoms with E-state index in [2.05, 4.69) is 18.8 Å². The van der Waals surface area contributed by atoms with Crippen molar-refractivity contribution in [3.63, 3.8) is 0 Å². The minimum absolute atomic E-state index is 0.335. The Morgan fingerprint density at radius 3 is 2.15 bits per heavy atom. The van der Waals surface area contributed by atoms with Crippen LogP contribution in [0.4, 0.5) is 0 Å². The van der Waals surface area contributed by atoms with Crippen LogP contribution in [0.1, 0.15) is 49.3 Å². The van der Waals surface area contributed by atoms with Crippen molar-refractivity contribution in [2.24, 2.45) is 0 Å². The molecule has 170 valence electrons. The van der Waals surface area contributed by atoms with E-state index in [4.69, 9.17) is 9.47 Å². The van der Waals surface area contributed by atoms with Gasteiger partial charge in [0.1, 0.15) is 11.5 Å². The van der Waals surface area contributed by atoms with E-state index in [0.717, 1.165) is 46.4 Å². The summed E-state index contributed by atoms with van der Waals surface area (Å²) in [5.74, 6) is 7.46. The third-order valence-electron chi connectivity index (χ3n) is 5.69. The Balaban J connectivity index is 1.45. The van der Waals surface area contributed by atoms with Crippen molar-refractivity contribution < 1.29 is 14.3 Å². The number of hydrogen-bond donors (Lipinski definition) is 0. The summed E-state index contributed by atoms with van der Waals surface area (Å²) in [5.41, 5.74) is 5.51. The van der Waals surface area contributed by atoms with Crippen LogP contribution in [-0.4, -0.2) is 13.1 Å². The molecule has 3 nitrogen and oxygen atoms in total. The van der Waals surface area contributed by atoms with Crippen LogP contribution in [0.3, 0.4) is 0 Å². The van der Waals surface area contributed by atoms with Crippen molar-refractivity contribution >= 4 is 17.6 Å². The van der Waals surface area contributed by atoms with Crippen LogP contribution in [0.25, 0.3) is 22.8 Å². The zero-order chi connectivity index (χ0) is 23.8. The summed E-state index contributed by atoms with van der Waals surface area (Å²) >= 11 is 0. The molecule has 0 aliphatic carbocycles. The maximum Gasteiger partial charge on any atom is 0.344 e. The fraction of sp³-hybridized carbons (Fsp3) is 0.194. The zero-order valence-corrected chi connectivity index (χ0v) is 19.6. The second-order valence-corrected chi connectivity index (χ2v) is 8.18. The Bertz CT molecular complexity index is 1250. The molecule has 0 bridgehead atoms. The first kappa shape index (κ1) is 23.1. The molecule has 34 heavy (non-hydrogen) atoms. The number of carbonyl (C=O) groups excluding carboxylic acids is 1. The SMILES string of the molecule is CCCCCC#Cc1ccc(/C=C2/C=C(c3ccc(-c4ccc(OC)cc4)cc3)C(=O)O2)cc1. The van der Waals surface area contributed by atoms with Gasteiger partial charge in [-0.05, 0) is 65.1 Å². The summed E-state index contributed by atoms with van der Waals surface area (Å²) in [6.07, 6.45) is 8.19. The predicted molar refractivity (Wildman–Crippen MR) is 138 cm³/mol. The van der Waals surface area contributed by atoms with Gasteiger partial charge in [0.25, 0.3) is 0 Å². The van der Waals surface area contributed by atoms with Gasteiger partial charge in [-0.1, -0.05) is 80.1 Å². The van der Waals surface area contributed by atoms with Gasteiger partial charge in [0, 0.05) is 12.0 Å². The number of hydrogen-bond acceptors (Lipinski definition) is 3. The zero-order valence-electron chi connectivity index (χ0n) is 19.6. The van der Waals surface area contributed by atoms with Crippen molar-refractivity contribution in [1.82, 2.24) is 0 Å². The molecule has 0 N–H and O–H groups in total. The van der Waals surface area contributed by atoms with Gasteiger partial charge in [0.15, 0.2) is 0 Å². The van der Waals surface area contributed by atoms with E-state index in [9.17, 15) is 4.79 Å². The van der Waals surface area contributed by atoms with Gasteiger partial charge in [-0.2, -0.15) is 0 Å². The van der Waals surface area contributed by atoms with Crippen molar-refractivity contribution in [3.05, 3.63) is 101 Å². The number of unbranched alkanes of at least 4 members (excludes halogenated alkanes) is 3. The molecule has 0 spiro atoms. The number of methoxy groups -OCH3 is 1. The van der Waals surface area contributed by atoms with Crippen LogP contribution in [0.2, 0.25) is 0 Å². The largest absolute Gasteiger partial charge is 0.497 e. The molecule has 0 atom stereocenters. The van der Waals surface area contributed by atoms with Gasteiger partial charge in [-0.3, -0.25) is 0 Å². The number of allylic oxidation sites excluding steroid dienone is 1. The first-order valence-corrected chi connectivity index (χ1v) is 11.7. The normalized spacial score (nSPS) is 13.8. The molecule has 1 aliphatic heterocycles. The van der Waals surface area contributed by atoms with Crippen molar-refractivity contribution in [2.75, 3.05) is 7.11 Å². The monoisotopic (exact) mass is 448 g/mol. The second kappa shape index (κ2) is 11.2. The van der Waals surface area contributed by atoms with E-state index < -0.39 is 0 Å². The van der Waals surface area contributed by atoms with Crippen molar-refractivity contribution in [3.8, 4) is 28.7 Å². The Morgan fingerprint density at radius 1 is 0.853 bits per heavy atom. The second-order valence-electron chi connectivity index (χ2n) is 8.18. The van der Waals surface area contributed by atoms with E-state index >= 15 is 0 Å². The summed E-state index contributed by atoms with van der Waals surface area (Å²) in [7, 11) is 1.65. The third-order valence-corrected chi connectivity index (χ3v) is 5.69. The van der Waals surface area contributed by atoms with Crippen molar-refractivity contribution in [1.29, 1.82) is 0 Å². The van der Waals surface area contributed by atoms with E-state index in [-0.39, 0.29) is 5.97 Å². The number of esters is 1. The minimum atomic E-state index is -0.335. The molecule has 0 saturated carbocycles. The average molecular weight is 449 g/mol. The Labute approximate surface area is 201 Å². The highest BCUT2D eigenvalue weighted by Crippen LogP contribution is 2.30. The summed E-state index contributed by atoms with van der Waals surface area (Å²) in [5, 5.41) is 0. The molecule has 4 rings (SSSR count). The van der Waals surface area contributed by atoms with Crippen LogP contribution in [0.15, 0.2) is 84.6 Å². The first-order chi connectivity index (χ1) is 16.7. The maximum absolute atomic E-state index is 12.5. The Morgan fingerprint density at radius 2 is 1.50 bits per heavy atom. The predicted octanol–water partition coefficient (Wildman–Crippen LogP) is 7.28. The molecule has 0 fully saturated rings. The molecule has 1 aliphatic rings. The molecule has 0 amide bonds. The van der Waals surface area contributed by atoms with Crippen LogP contribution in [0, 0.1) is 11.8 Å². The Hall–Kier alpha value is -4.03. The number of carbonyl (C=O) groups is 1. The van der Waals surface area contributed by atoms with Crippen LogP contribution >= 0.6 is 0 Å². The van der Waals surface area contributed by atoms with Gasteiger partial charge in [-0.15, -0.1) is 0 Å². The average Bonchev–Trinajstić information content (AvgIpc) is 3.25. The topological polar surface area (TPSA) is 35.5 Å². The molecule has 1 heterocycles. The molecule has 0 radical (unpaired) electrons. The highest BCUT2D eigenvalue weighted by Gasteiger charge is 2.22. The fourth-order valence-electron chi connectivity index (χ4n) is 3.75. The third kappa shape index (κ3) is 5.85. The quantitative estimate of drug-likeness (QED) is 0.216. The lowest BCUT2D eigenvalue weighted by Crippen LogP contribution is -1.98. The minimum Gasteiger partial charge on any atom is -0.497 e. The molecular formula is C31H28O3. The molecule has 3 aromatic rings. The highest BCUT2D eigenvalue weighted by molar-refractivity contribution is 6.20. The maximum atomic E-state index is 12.5. The van der Waals surface area contributed by atoms with E-state index in [0.29, 0.717) is 11.3 Å². The fourth-order valence-corrected chi connectivity index (χ4v) is 3.75. The lowest BCUT2D eigenvalue weighted by Gasteiger charge is -2.05. The molecule has 0 unspecified atom stereocenters. The summed E-state index contributed by atoms with van der Waals surface area (Å²) in [6, 6.07) is 23.8. The summed E-state index contributed by atoms with van der Waals surface area (Å²) < 4.78 is 10.7. The Kier molecular flexibility index (Phi) is 7.63. The summed E-state index contributed by atoms with van der Waals surface area (Å²) in [4.78, 5) is 12.5. The molecule has 0 aromatic heterocycles. The lowest BCUT2D eigenvalue weighted by atomic mass is 10.0. The van der Waals surface area contributed by atoms with Gasteiger partial charge in [0.05, 0.1) is 12.7 Å². The standard InChI is InChI=1S/C31H28O3/c1-3-4-5-6-7-8-23-9-11-24(12-10-23)21-29-22-30(31(32)34-29)27-15-13-25(14-16-27)26-17-19-28(33-2)20-18-26/h9-22H,3-6H2,1-2H3/b29-21-. The van der Waals surface area contributed by atoms with Crippen LogP contribution < -0.4 is 4.74 Å². The van der Waals surface area contributed by atoms with E-state index in [1.54, 1.807) is 13.2 Å². The summed E-state index contributed by atoms with van der Waals surface area (Å²) in [6.45, 7) is 2.19. The molecule has 3 aromatic carbocycles. The highest BCUT2D eigenvalue weighted by atomic mass is 16.5. The van der Waals surface area contributed by atoms with Gasteiger partial charge >= 0.3 is 5.97 Å². The van der Waals surface area contributed by atoms with Gasteiger partial charge in [0.2, 0.25) is 0 Å². The van der Waals surface area contributed by atoms with Gasteiger partial charge < -0.3 is 9.47 Å². The lowest BCUT2D eigenvalue weighted by molar-refractivity contribution is -0.131. The molecule has 3 heteroatoms. The molecular weight excluding hydrogens is 420 g/mol. The van der Waals surface area contributed by atoms with Gasteiger partial charge in [-0.25, -0.2) is 4.79 Å². The van der Waals surface area contributed by atoms with Crippen LogP contribution in [0.5, 0.6) is 5.75 Å². The number of rotatable bonds is 7. The van der Waals surface area contributed by atoms with E-state index in [1.807, 2.05) is 78.9 Å². The smallest absolute Gasteiger partial charge is 0.344 e. The van der Waals surface area contributed by atoms with Crippen molar-refractivity contribution in [2.45, 2.75) is 32.6 Å². The molecule has 0 saturated heterocycles. The first-order valence-electron chi connectivity index (χ1n) is 11.7. The number of ether oxygens (including phenoxy) is 2. The van der Waals surface area contributed by atoms with Crippen LogP contribution in [-0.2, 0) is 9.53 Å². The number of benzene rings is 3.